The van der Waals surface area contributed by atoms with Gasteiger partial charge in [-0.05, 0) is 58.0 Å². The number of H-pyrrole nitrogens is 1. The molecule has 2 aromatic heterocycles. The number of anilines is 1. The molecule has 0 amide bonds. The van der Waals surface area contributed by atoms with Gasteiger partial charge in [-0.15, -0.1) is 10.2 Å². The van der Waals surface area contributed by atoms with Crippen LogP contribution in [0.1, 0.15) is 35.6 Å². The van der Waals surface area contributed by atoms with Crippen molar-refractivity contribution in [1.29, 1.82) is 0 Å². The summed E-state index contributed by atoms with van der Waals surface area (Å²) in [6.45, 7) is 10.1. The van der Waals surface area contributed by atoms with Crippen LogP contribution in [-0.2, 0) is 7.05 Å². The number of nitrogens with one attached hydrogen (secondary N) is 1. The van der Waals surface area contributed by atoms with Gasteiger partial charge in [0.25, 0.3) is 0 Å². The number of benzene rings is 1. The van der Waals surface area contributed by atoms with Crippen molar-refractivity contribution in [3.8, 4) is 11.4 Å². The first kappa shape index (κ1) is 20.2. The van der Waals surface area contributed by atoms with Gasteiger partial charge in [-0.3, -0.25) is 4.79 Å². The van der Waals surface area contributed by atoms with Gasteiger partial charge in [0.15, 0.2) is 16.8 Å². The average Bonchev–Trinajstić information content (AvgIpc) is 3.23. The minimum Gasteiger partial charge on any atom is -0.372 e. The highest BCUT2D eigenvalue weighted by Gasteiger charge is 2.16. The first-order chi connectivity index (χ1) is 13.4. The van der Waals surface area contributed by atoms with Crippen molar-refractivity contribution in [2.24, 2.45) is 7.05 Å². The molecule has 0 atom stereocenters. The maximum Gasteiger partial charge on any atom is 0.191 e. The molecular formula is C21H27N5OS. The molecule has 3 rings (SSSR count). The van der Waals surface area contributed by atoms with Crippen LogP contribution in [0.4, 0.5) is 5.69 Å². The smallest absolute Gasteiger partial charge is 0.191 e. The molecule has 0 saturated heterocycles. The van der Waals surface area contributed by atoms with Crippen LogP contribution in [0.5, 0.6) is 0 Å². The Bertz CT molecular complexity index is 954. The lowest BCUT2D eigenvalue weighted by Gasteiger charge is -2.21. The number of aromatic nitrogens is 4. The Hall–Kier alpha value is -2.54. The number of aromatic amines is 1. The molecule has 28 heavy (non-hydrogen) atoms. The van der Waals surface area contributed by atoms with Crippen molar-refractivity contribution >= 4 is 23.2 Å². The molecule has 1 N–H and O–H groups in total. The Labute approximate surface area is 170 Å². The second-order valence-electron chi connectivity index (χ2n) is 6.79. The Balaban J connectivity index is 1.71. The zero-order valence-electron chi connectivity index (χ0n) is 17.1. The Morgan fingerprint density at radius 3 is 2.39 bits per heavy atom. The zero-order valence-corrected chi connectivity index (χ0v) is 17.9. The van der Waals surface area contributed by atoms with Crippen molar-refractivity contribution < 1.29 is 4.79 Å². The first-order valence-corrected chi connectivity index (χ1v) is 10.5. The number of carbonyl (C=O) groups excluding carboxylic acids is 1. The number of rotatable bonds is 8. The molecule has 7 heteroatoms. The molecule has 1 aromatic carbocycles. The lowest BCUT2D eigenvalue weighted by Crippen LogP contribution is -2.21. The Kier molecular flexibility index (Phi) is 6.24. The fourth-order valence-electron chi connectivity index (χ4n) is 3.32. The molecule has 0 saturated carbocycles. The number of hydrogen-bond acceptors (Lipinski definition) is 5. The molecule has 0 aliphatic carbocycles. The second-order valence-corrected chi connectivity index (χ2v) is 7.73. The lowest BCUT2D eigenvalue weighted by molar-refractivity contribution is 0.102. The quantitative estimate of drug-likeness (QED) is 0.455. The molecule has 3 aromatic rings. The summed E-state index contributed by atoms with van der Waals surface area (Å²) < 4.78 is 1.94. The fraction of sp³-hybridized carbons (Fsp3) is 0.381. The minimum atomic E-state index is 0.0972. The predicted molar refractivity (Wildman–Crippen MR) is 115 cm³/mol. The van der Waals surface area contributed by atoms with Crippen LogP contribution >= 0.6 is 11.8 Å². The standard InChI is InChI=1S/C21H27N5OS/c1-6-26(7-2)17-10-8-16(9-11-17)20-23-24-21(25(20)5)28-13-19(27)18-12-14(3)22-15(18)4/h8-12,22H,6-7,13H2,1-5H3. The van der Waals surface area contributed by atoms with Gasteiger partial charge in [0.2, 0.25) is 0 Å². The summed E-state index contributed by atoms with van der Waals surface area (Å²) in [6.07, 6.45) is 0. The topological polar surface area (TPSA) is 66.8 Å². The van der Waals surface area contributed by atoms with Gasteiger partial charge < -0.3 is 14.5 Å². The van der Waals surface area contributed by atoms with E-state index < -0.39 is 0 Å². The summed E-state index contributed by atoms with van der Waals surface area (Å²) in [4.78, 5) is 18.0. The van der Waals surface area contributed by atoms with E-state index in [4.69, 9.17) is 0 Å². The molecular weight excluding hydrogens is 370 g/mol. The molecule has 0 unspecified atom stereocenters. The molecule has 148 valence electrons. The number of Topliss-reactive ketones (excluding diaryl/α,β-unsaturated/α-hetero) is 1. The van der Waals surface area contributed by atoms with E-state index in [0.29, 0.717) is 5.75 Å². The summed E-state index contributed by atoms with van der Waals surface area (Å²) >= 11 is 1.42. The van der Waals surface area contributed by atoms with Crippen molar-refractivity contribution in [3.05, 3.63) is 47.3 Å². The van der Waals surface area contributed by atoms with Gasteiger partial charge in [-0.1, -0.05) is 11.8 Å². The van der Waals surface area contributed by atoms with Crippen molar-refractivity contribution in [1.82, 2.24) is 19.7 Å². The summed E-state index contributed by atoms with van der Waals surface area (Å²) in [5, 5.41) is 9.35. The van der Waals surface area contributed by atoms with Crippen molar-refractivity contribution in [2.45, 2.75) is 32.9 Å². The first-order valence-electron chi connectivity index (χ1n) is 9.51. The maximum absolute atomic E-state index is 12.5. The van der Waals surface area contributed by atoms with E-state index in [2.05, 4.69) is 58.2 Å². The fourth-order valence-corrected chi connectivity index (χ4v) is 4.12. The SMILES string of the molecule is CCN(CC)c1ccc(-c2nnc(SCC(=O)c3cc(C)[nH]c3C)n2C)cc1. The van der Waals surface area contributed by atoms with E-state index in [9.17, 15) is 4.79 Å². The second kappa shape index (κ2) is 8.65. The third kappa shape index (κ3) is 4.14. The van der Waals surface area contributed by atoms with Crippen LogP contribution < -0.4 is 4.90 Å². The number of ketones is 1. The van der Waals surface area contributed by atoms with Gasteiger partial charge in [-0.2, -0.15) is 0 Å². The highest BCUT2D eigenvalue weighted by molar-refractivity contribution is 7.99. The summed E-state index contributed by atoms with van der Waals surface area (Å²) in [7, 11) is 1.94. The van der Waals surface area contributed by atoms with Crippen LogP contribution in [0.25, 0.3) is 11.4 Å². The van der Waals surface area contributed by atoms with Crippen molar-refractivity contribution in [2.75, 3.05) is 23.7 Å². The van der Waals surface area contributed by atoms with Crippen LogP contribution in [0.15, 0.2) is 35.5 Å². The summed E-state index contributed by atoms with van der Waals surface area (Å²) in [5.41, 5.74) is 4.88. The molecule has 0 bridgehead atoms. The van der Waals surface area contributed by atoms with Crippen LogP contribution in [0, 0.1) is 13.8 Å². The monoisotopic (exact) mass is 397 g/mol. The molecule has 0 spiro atoms. The number of carbonyl (C=O) groups is 1. The number of aryl methyl sites for hydroxylation is 2. The summed E-state index contributed by atoms with van der Waals surface area (Å²) in [5.74, 6) is 1.24. The van der Waals surface area contributed by atoms with Gasteiger partial charge in [0, 0.05) is 48.3 Å². The lowest BCUT2D eigenvalue weighted by atomic mass is 10.2. The third-order valence-corrected chi connectivity index (χ3v) is 5.89. The third-order valence-electron chi connectivity index (χ3n) is 4.87. The largest absolute Gasteiger partial charge is 0.372 e. The predicted octanol–water partition coefficient (Wildman–Crippen LogP) is 4.25. The van der Waals surface area contributed by atoms with Crippen LogP contribution in [-0.4, -0.2) is 44.4 Å². The van der Waals surface area contributed by atoms with E-state index in [1.807, 2.05) is 31.5 Å². The number of thioether (sulfide) groups is 1. The number of hydrogen-bond donors (Lipinski definition) is 1. The van der Waals surface area contributed by atoms with E-state index in [-0.39, 0.29) is 5.78 Å². The van der Waals surface area contributed by atoms with E-state index in [1.165, 1.54) is 17.4 Å². The molecule has 0 fully saturated rings. The van der Waals surface area contributed by atoms with E-state index >= 15 is 0 Å². The molecule has 0 aliphatic heterocycles. The Morgan fingerprint density at radius 1 is 1.14 bits per heavy atom. The average molecular weight is 398 g/mol. The zero-order chi connectivity index (χ0) is 20.3. The highest BCUT2D eigenvalue weighted by Crippen LogP contribution is 2.25. The van der Waals surface area contributed by atoms with Gasteiger partial charge in [0.05, 0.1) is 5.75 Å². The minimum absolute atomic E-state index is 0.0972. The van der Waals surface area contributed by atoms with Crippen LogP contribution in [0.3, 0.4) is 0 Å². The molecule has 0 aliphatic rings. The van der Waals surface area contributed by atoms with Crippen molar-refractivity contribution in [3.63, 3.8) is 0 Å². The highest BCUT2D eigenvalue weighted by atomic mass is 32.2. The van der Waals surface area contributed by atoms with E-state index in [1.54, 1.807) is 0 Å². The Morgan fingerprint density at radius 2 is 1.82 bits per heavy atom. The van der Waals surface area contributed by atoms with Gasteiger partial charge in [0.1, 0.15) is 0 Å². The maximum atomic E-state index is 12.5. The van der Waals surface area contributed by atoms with Gasteiger partial charge in [-0.25, -0.2) is 0 Å². The van der Waals surface area contributed by atoms with E-state index in [0.717, 1.165) is 46.6 Å². The molecule has 2 heterocycles. The normalized spacial score (nSPS) is 11.0. The molecule has 0 radical (unpaired) electrons. The summed E-state index contributed by atoms with van der Waals surface area (Å²) in [6, 6.07) is 10.3. The molecule has 6 nitrogen and oxygen atoms in total. The van der Waals surface area contributed by atoms with Crippen LogP contribution in [0.2, 0.25) is 0 Å². The number of nitrogens with zero attached hydrogens (tertiary/aromatic N) is 4. The van der Waals surface area contributed by atoms with Gasteiger partial charge >= 0.3 is 0 Å².